The molecule has 0 saturated carbocycles. The van der Waals surface area contributed by atoms with Crippen LogP contribution < -0.4 is 5.32 Å². The predicted octanol–water partition coefficient (Wildman–Crippen LogP) is 1.97. The number of nitrogens with one attached hydrogen (secondary N) is 1. The van der Waals surface area contributed by atoms with Crippen LogP contribution in [0.4, 0.5) is 0 Å². The molecule has 130 valence electrons. The maximum atomic E-state index is 12.7. The van der Waals surface area contributed by atoms with E-state index in [0.717, 1.165) is 19.4 Å². The molecule has 0 aliphatic carbocycles. The van der Waals surface area contributed by atoms with Gasteiger partial charge in [0.1, 0.15) is 0 Å². The molecule has 0 radical (unpaired) electrons. The third kappa shape index (κ3) is 4.68. The van der Waals surface area contributed by atoms with Gasteiger partial charge in [-0.15, -0.1) is 12.4 Å². The van der Waals surface area contributed by atoms with Crippen molar-refractivity contribution in [3.63, 3.8) is 0 Å². The van der Waals surface area contributed by atoms with Gasteiger partial charge in [0.2, 0.25) is 0 Å². The van der Waals surface area contributed by atoms with Gasteiger partial charge in [0.25, 0.3) is 5.91 Å². The lowest BCUT2D eigenvalue weighted by Gasteiger charge is -2.32. The minimum atomic E-state index is -3.39. The van der Waals surface area contributed by atoms with Crippen molar-refractivity contribution in [2.45, 2.75) is 24.7 Å². The SMILES string of the molecule is CCS(=O)(=O)c1ccccc1C(=O)N1CCC(CNC)CC1.Cl. The number of sulfone groups is 1. The first-order valence-corrected chi connectivity index (χ1v) is 9.40. The highest BCUT2D eigenvalue weighted by molar-refractivity contribution is 7.91. The molecular formula is C16H25ClN2O3S. The van der Waals surface area contributed by atoms with Crippen LogP contribution in [0, 0.1) is 5.92 Å². The highest BCUT2D eigenvalue weighted by Crippen LogP contribution is 2.22. The molecule has 0 unspecified atom stereocenters. The summed E-state index contributed by atoms with van der Waals surface area (Å²) in [4.78, 5) is 14.6. The molecule has 1 N–H and O–H groups in total. The lowest BCUT2D eigenvalue weighted by Crippen LogP contribution is -2.40. The number of benzene rings is 1. The second kappa shape index (κ2) is 8.66. The lowest BCUT2D eigenvalue weighted by atomic mass is 9.96. The zero-order valence-corrected chi connectivity index (χ0v) is 15.3. The molecule has 23 heavy (non-hydrogen) atoms. The van der Waals surface area contributed by atoms with Gasteiger partial charge >= 0.3 is 0 Å². The molecule has 1 fully saturated rings. The number of likely N-dealkylation sites (tertiary alicyclic amines) is 1. The predicted molar refractivity (Wildman–Crippen MR) is 94.0 cm³/mol. The van der Waals surface area contributed by atoms with E-state index in [-0.39, 0.29) is 29.0 Å². The van der Waals surface area contributed by atoms with Gasteiger partial charge in [-0.05, 0) is 44.5 Å². The van der Waals surface area contributed by atoms with Crippen LogP contribution in [0.2, 0.25) is 0 Å². The van der Waals surface area contributed by atoms with Crippen molar-refractivity contribution in [3.05, 3.63) is 29.8 Å². The van der Waals surface area contributed by atoms with Crippen LogP contribution >= 0.6 is 12.4 Å². The van der Waals surface area contributed by atoms with E-state index in [4.69, 9.17) is 0 Å². The number of carbonyl (C=O) groups is 1. The Morgan fingerprint density at radius 1 is 1.26 bits per heavy atom. The smallest absolute Gasteiger partial charge is 0.255 e. The maximum absolute atomic E-state index is 12.7. The van der Waals surface area contributed by atoms with Gasteiger partial charge in [-0.1, -0.05) is 19.1 Å². The summed E-state index contributed by atoms with van der Waals surface area (Å²) in [5.74, 6) is 0.417. The number of rotatable bonds is 5. The Hall–Kier alpha value is -1.11. The second-order valence-corrected chi connectivity index (χ2v) is 7.94. The summed E-state index contributed by atoms with van der Waals surface area (Å²) in [7, 11) is -1.46. The topological polar surface area (TPSA) is 66.5 Å². The molecule has 1 heterocycles. The van der Waals surface area contributed by atoms with E-state index in [2.05, 4.69) is 5.32 Å². The van der Waals surface area contributed by atoms with E-state index in [9.17, 15) is 13.2 Å². The van der Waals surface area contributed by atoms with Crippen LogP contribution in [0.15, 0.2) is 29.2 Å². The largest absolute Gasteiger partial charge is 0.339 e. The average Bonchev–Trinajstić information content (AvgIpc) is 2.55. The molecule has 0 aromatic heterocycles. The Morgan fingerprint density at radius 2 is 1.87 bits per heavy atom. The fourth-order valence-corrected chi connectivity index (χ4v) is 3.96. The van der Waals surface area contributed by atoms with Crippen molar-refractivity contribution in [1.29, 1.82) is 0 Å². The summed E-state index contributed by atoms with van der Waals surface area (Å²) >= 11 is 0. The zero-order chi connectivity index (χ0) is 16.2. The van der Waals surface area contributed by atoms with Crippen molar-refractivity contribution in [3.8, 4) is 0 Å². The van der Waals surface area contributed by atoms with E-state index in [1.807, 2.05) is 7.05 Å². The summed E-state index contributed by atoms with van der Waals surface area (Å²) in [6.07, 6.45) is 1.91. The number of hydrogen-bond donors (Lipinski definition) is 1. The van der Waals surface area contributed by atoms with E-state index < -0.39 is 9.84 Å². The van der Waals surface area contributed by atoms with Gasteiger partial charge in [-0.25, -0.2) is 8.42 Å². The summed E-state index contributed by atoms with van der Waals surface area (Å²) < 4.78 is 24.3. The van der Waals surface area contributed by atoms with E-state index >= 15 is 0 Å². The summed E-state index contributed by atoms with van der Waals surface area (Å²) in [6.45, 7) is 3.93. The molecule has 1 amide bonds. The second-order valence-electron chi connectivity index (χ2n) is 5.69. The molecule has 7 heteroatoms. The summed E-state index contributed by atoms with van der Waals surface area (Å²) in [6, 6.07) is 6.53. The first-order valence-electron chi connectivity index (χ1n) is 7.75. The van der Waals surface area contributed by atoms with E-state index in [1.54, 1.807) is 30.0 Å². The molecule has 1 aromatic rings. The summed E-state index contributed by atoms with van der Waals surface area (Å²) in [5, 5.41) is 3.17. The van der Waals surface area contributed by atoms with Crippen LogP contribution in [-0.2, 0) is 9.84 Å². The monoisotopic (exact) mass is 360 g/mol. The number of halogens is 1. The Morgan fingerprint density at radius 3 is 2.43 bits per heavy atom. The Balaban J connectivity index is 0.00000264. The molecule has 1 saturated heterocycles. The standard InChI is InChI=1S/C16H24N2O3S.ClH/c1-3-22(20,21)15-7-5-4-6-14(15)16(19)18-10-8-13(9-11-18)12-17-2;/h4-7,13,17H,3,8-12H2,1-2H3;1H. The molecule has 1 aliphatic heterocycles. The van der Waals surface area contributed by atoms with E-state index in [0.29, 0.717) is 24.6 Å². The fourth-order valence-electron chi connectivity index (χ4n) is 2.87. The quantitative estimate of drug-likeness (QED) is 0.871. The highest BCUT2D eigenvalue weighted by Gasteiger charge is 2.27. The van der Waals surface area contributed by atoms with Crippen LogP contribution in [0.1, 0.15) is 30.1 Å². The molecule has 5 nitrogen and oxygen atoms in total. The fraction of sp³-hybridized carbons (Fsp3) is 0.562. The molecule has 1 aliphatic rings. The number of piperidine rings is 1. The van der Waals surface area contributed by atoms with Crippen LogP contribution in [0.5, 0.6) is 0 Å². The van der Waals surface area contributed by atoms with Gasteiger partial charge in [0, 0.05) is 13.1 Å². The Labute approximate surface area is 144 Å². The third-order valence-electron chi connectivity index (χ3n) is 4.23. The van der Waals surface area contributed by atoms with Crippen LogP contribution in [-0.4, -0.2) is 51.7 Å². The molecule has 1 aromatic carbocycles. The molecule has 2 rings (SSSR count). The number of hydrogen-bond acceptors (Lipinski definition) is 4. The van der Waals surface area contributed by atoms with Crippen LogP contribution in [0.3, 0.4) is 0 Å². The summed E-state index contributed by atoms with van der Waals surface area (Å²) in [5.41, 5.74) is 0.302. The third-order valence-corrected chi connectivity index (χ3v) is 6.01. The van der Waals surface area contributed by atoms with Crippen molar-refractivity contribution < 1.29 is 13.2 Å². The Kier molecular flexibility index (Phi) is 7.51. The highest BCUT2D eigenvalue weighted by atomic mass is 35.5. The average molecular weight is 361 g/mol. The zero-order valence-electron chi connectivity index (χ0n) is 13.6. The number of carbonyl (C=O) groups excluding carboxylic acids is 1. The van der Waals surface area contributed by atoms with E-state index in [1.165, 1.54) is 6.07 Å². The maximum Gasteiger partial charge on any atom is 0.255 e. The minimum absolute atomic E-state index is 0. The Bertz CT molecular complexity index is 626. The van der Waals surface area contributed by atoms with Gasteiger partial charge in [-0.3, -0.25) is 4.79 Å². The van der Waals surface area contributed by atoms with Crippen molar-refractivity contribution in [1.82, 2.24) is 10.2 Å². The minimum Gasteiger partial charge on any atom is -0.339 e. The lowest BCUT2D eigenvalue weighted by molar-refractivity contribution is 0.0687. The number of amides is 1. The van der Waals surface area contributed by atoms with Gasteiger partial charge in [-0.2, -0.15) is 0 Å². The van der Waals surface area contributed by atoms with Crippen molar-refractivity contribution in [2.75, 3.05) is 32.4 Å². The molecule has 0 spiro atoms. The first kappa shape index (κ1) is 19.9. The van der Waals surface area contributed by atoms with Crippen LogP contribution in [0.25, 0.3) is 0 Å². The molecule has 0 bridgehead atoms. The molecular weight excluding hydrogens is 336 g/mol. The first-order chi connectivity index (χ1) is 10.5. The van der Waals surface area contributed by atoms with Crippen molar-refractivity contribution in [2.24, 2.45) is 5.92 Å². The number of nitrogens with zero attached hydrogens (tertiary/aromatic N) is 1. The van der Waals surface area contributed by atoms with Crippen molar-refractivity contribution >= 4 is 28.2 Å². The molecule has 0 atom stereocenters. The van der Waals surface area contributed by atoms with Gasteiger partial charge < -0.3 is 10.2 Å². The van der Waals surface area contributed by atoms with Gasteiger partial charge in [0.05, 0.1) is 16.2 Å². The van der Waals surface area contributed by atoms with Gasteiger partial charge in [0.15, 0.2) is 9.84 Å². The normalized spacial score (nSPS) is 16.0.